The van der Waals surface area contributed by atoms with Crippen LogP contribution in [0.1, 0.15) is 0 Å². The van der Waals surface area contributed by atoms with Gasteiger partial charge in [-0.15, -0.1) is 0 Å². The van der Waals surface area contributed by atoms with Crippen LogP contribution in [0.15, 0.2) is 41.6 Å². The Morgan fingerprint density at radius 2 is 2.09 bits per heavy atom. The summed E-state index contributed by atoms with van der Waals surface area (Å²) in [6.45, 7) is 2.91. The minimum Gasteiger partial charge on any atom is -0.378 e. The highest BCUT2D eigenvalue weighted by atomic mass is 16.5. The fraction of sp³-hybridized carbons (Fsp3) is 0.250. The average molecular weight is 296 g/mol. The molecule has 1 fully saturated rings. The van der Waals surface area contributed by atoms with Gasteiger partial charge in [0.15, 0.2) is 5.43 Å². The lowest BCUT2D eigenvalue weighted by atomic mass is 10.1. The minimum atomic E-state index is 0.00873. The zero-order chi connectivity index (χ0) is 14.9. The van der Waals surface area contributed by atoms with Gasteiger partial charge in [-0.1, -0.05) is 0 Å². The number of hydrogen-bond acceptors (Lipinski definition) is 4. The number of fused-ring (bicyclic) bond motifs is 1. The highest BCUT2D eigenvalue weighted by Crippen LogP contribution is 2.25. The van der Waals surface area contributed by atoms with Crippen LogP contribution in [-0.2, 0) is 4.74 Å². The molecule has 3 aromatic rings. The predicted octanol–water partition coefficient (Wildman–Crippen LogP) is 1.75. The van der Waals surface area contributed by atoms with Crippen LogP contribution in [0.3, 0.4) is 0 Å². The molecule has 3 aromatic heterocycles. The quantitative estimate of drug-likeness (QED) is 0.755. The van der Waals surface area contributed by atoms with E-state index < -0.39 is 0 Å². The van der Waals surface area contributed by atoms with Crippen molar-refractivity contribution in [1.82, 2.24) is 15.0 Å². The fourth-order valence-corrected chi connectivity index (χ4v) is 2.82. The van der Waals surface area contributed by atoms with Crippen molar-refractivity contribution in [3.05, 3.63) is 47.0 Å². The molecule has 0 aromatic carbocycles. The van der Waals surface area contributed by atoms with Gasteiger partial charge >= 0.3 is 0 Å². The van der Waals surface area contributed by atoms with Gasteiger partial charge in [-0.05, 0) is 12.1 Å². The molecule has 112 valence electrons. The summed E-state index contributed by atoms with van der Waals surface area (Å²) in [6.07, 6.45) is 5.40. The van der Waals surface area contributed by atoms with E-state index in [2.05, 4.69) is 19.9 Å². The van der Waals surface area contributed by atoms with E-state index in [0.29, 0.717) is 18.6 Å². The summed E-state index contributed by atoms with van der Waals surface area (Å²) in [4.78, 5) is 25.4. The van der Waals surface area contributed by atoms with Gasteiger partial charge in [-0.3, -0.25) is 9.78 Å². The molecule has 0 saturated carbocycles. The minimum absolute atomic E-state index is 0.00873. The molecular formula is C16H16N4O2. The molecule has 0 amide bonds. The molecule has 0 spiro atoms. The topological polar surface area (TPSA) is 74.0 Å². The Balaban J connectivity index is 1.91. The van der Waals surface area contributed by atoms with Crippen molar-refractivity contribution >= 4 is 16.7 Å². The molecule has 0 bridgehead atoms. The summed E-state index contributed by atoms with van der Waals surface area (Å²) in [5.41, 5.74) is 2.52. The van der Waals surface area contributed by atoms with Gasteiger partial charge in [0.25, 0.3) is 0 Å². The highest BCUT2D eigenvalue weighted by molar-refractivity contribution is 5.92. The molecule has 1 aliphatic rings. The fourth-order valence-electron chi connectivity index (χ4n) is 2.82. The Bertz CT molecular complexity index is 848. The van der Waals surface area contributed by atoms with Gasteiger partial charge in [-0.25, -0.2) is 0 Å². The SMILES string of the molecule is O=c1cc(N2CCOCC2)[nH]c2c(-c3cc[nH]c3)nccc12. The molecule has 4 heterocycles. The van der Waals surface area contributed by atoms with Crippen LogP contribution in [0, 0.1) is 0 Å². The van der Waals surface area contributed by atoms with Gasteiger partial charge in [0.1, 0.15) is 5.82 Å². The van der Waals surface area contributed by atoms with Crippen LogP contribution in [0.5, 0.6) is 0 Å². The normalized spacial score (nSPS) is 15.4. The van der Waals surface area contributed by atoms with E-state index in [1.165, 1.54) is 0 Å². The zero-order valence-electron chi connectivity index (χ0n) is 12.0. The third-order valence-electron chi connectivity index (χ3n) is 3.96. The standard InChI is InChI=1S/C16H16N4O2/c21-13-9-14(20-5-7-22-8-6-20)19-16-12(13)2-4-18-15(16)11-1-3-17-10-11/h1-4,9-10,17H,5-8H2,(H,19,21). The lowest BCUT2D eigenvalue weighted by Crippen LogP contribution is -2.37. The predicted molar refractivity (Wildman–Crippen MR) is 85.2 cm³/mol. The summed E-state index contributed by atoms with van der Waals surface area (Å²) in [6, 6.07) is 5.36. The molecule has 4 rings (SSSR count). The third-order valence-corrected chi connectivity index (χ3v) is 3.96. The lowest BCUT2D eigenvalue weighted by Gasteiger charge is -2.28. The van der Waals surface area contributed by atoms with E-state index in [0.717, 1.165) is 35.7 Å². The molecule has 22 heavy (non-hydrogen) atoms. The number of anilines is 1. The van der Waals surface area contributed by atoms with E-state index in [4.69, 9.17) is 4.74 Å². The van der Waals surface area contributed by atoms with Gasteiger partial charge in [0.2, 0.25) is 0 Å². The van der Waals surface area contributed by atoms with E-state index in [1.807, 2.05) is 18.5 Å². The van der Waals surface area contributed by atoms with Crippen molar-refractivity contribution in [2.75, 3.05) is 31.2 Å². The summed E-state index contributed by atoms with van der Waals surface area (Å²) >= 11 is 0. The number of nitrogens with one attached hydrogen (secondary N) is 2. The first-order valence-electron chi connectivity index (χ1n) is 7.31. The van der Waals surface area contributed by atoms with Crippen LogP contribution in [-0.4, -0.2) is 41.3 Å². The number of morpholine rings is 1. The van der Waals surface area contributed by atoms with Gasteiger partial charge in [0.05, 0.1) is 24.4 Å². The Hall–Kier alpha value is -2.60. The average Bonchev–Trinajstić information content (AvgIpc) is 3.09. The number of rotatable bonds is 2. The van der Waals surface area contributed by atoms with Crippen molar-refractivity contribution in [1.29, 1.82) is 0 Å². The van der Waals surface area contributed by atoms with E-state index in [1.54, 1.807) is 18.3 Å². The second-order valence-corrected chi connectivity index (χ2v) is 5.30. The van der Waals surface area contributed by atoms with E-state index in [-0.39, 0.29) is 5.43 Å². The molecule has 1 aliphatic heterocycles. The van der Waals surface area contributed by atoms with E-state index in [9.17, 15) is 4.79 Å². The first-order valence-corrected chi connectivity index (χ1v) is 7.31. The number of nitrogens with zero attached hydrogens (tertiary/aromatic N) is 2. The van der Waals surface area contributed by atoms with Crippen molar-refractivity contribution in [2.24, 2.45) is 0 Å². The molecule has 0 aliphatic carbocycles. The first kappa shape index (κ1) is 13.1. The molecule has 0 atom stereocenters. The molecule has 6 nitrogen and oxygen atoms in total. The molecular weight excluding hydrogens is 280 g/mol. The smallest absolute Gasteiger partial charge is 0.191 e. The molecule has 0 unspecified atom stereocenters. The van der Waals surface area contributed by atoms with Crippen molar-refractivity contribution < 1.29 is 4.74 Å². The summed E-state index contributed by atoms with van der Waals surface area (Å²) in [7, 11) is 0. The number of aromatic amines is 2. The number of H-pyrrole nitrogens is 2. The molecule has 1 saturated heterocycles. The maximum Gasteiger partial charge on any atom is 0.191 e. The molecule has 0 radical (unpaired) electrons. The Kier molecular flexibility index (Phi) is 3.16. The second-order valence-electron chi connectivity index (χ2n) is 5.30. The lowest BCUT2D eigenvalue weighted by molar-refractivity contribution is 0.122. The monoisotopic (exact) mass is 296 g/mol. The number of pyridine rings is 2. The third kappa shape index (κ3) is 2.17. The van der Waals surface area contributed by atoms with Crippen LogP contribution < -0.4 is 10.3 Å². The second kappa shape index (κ2) is 5.31. The molecule has 6 heteroatoms. The van der Waals surface area contributed by atoms with Crippen molar-refractivity contribution in [3.8, 4) is 11.3 Å². The van der Waals surface area contributed by atoms with Gasteiger partial charge < -0.3 is 19.6 Å². The van der Waals surface area contributed by atoms with Crippen molar-refractivity contribution in [2.45, 2.75) is 0 Å². The number of aromatic nitrogens is 3. The van der Waals surface area contributed by atoms with Crippen LogP contribution in [0.4, 0.5) is 5.82 Å². The highest BCUT2D eigenvalue weighted by Gasteiger charge is 2.15. The summed E-state index contributed by atoms with van der Waals surface area (Å²) in [5.74, 6) is 0.825. The van der Waals surface area contributed by atoms with Gasteiger partial charge in [-0.2, -0.15) is 0 Å². The first-order chi connectivity index (χ1) is 10.8. The number of hydrogen-bond donors (Lipinski definition) is 2. The Morgan fingerprint density at radius 3 is 2.86 bits per heavy atom. The van der Waals surface area contributed by atoms with E-state index >= 15 is 0 Å². The summed E-state index contributed by atoms with van der Waals surface area (Å²) < 4.78 is 5.37. The van der Waals surface area contributed by atoms with Crippen LogP contribution in [0.2, 0.25) is 0 Å². The summed E-state index contributed by atoms with van der Waals surface area (Å²) in [5, 5.41) is 0.656. The van der Waals surface area contributed by atoms with Crippen LogP contribution in [0.25, 0.3) is 22.2 Å². The van der Waals surface area contributed by atoms with Crippen LogP contribution >= 0.6 is 0 Å². The Labute approximate surface area is 126 Å². The van der Waals surface area contributed by atoms with Gasteiger partial charge in [0, 0.05) is 48.7 Å². The Morgan fingerprint density at radius 1 is 1.23 bits per heavy atom. The number of ether oxygens (including phenoxy) is 1. The van der Waals surface area contributed by atoms with Crippen molar-refractivity contribution in [3.63, 3.8) is 0 Å². The molecule has 2 N–H and O–H groups in total. The maximum atomic E-state index is 12.5. The maximum absolute atomic E-state index is 12.5. The largest absolute Gasteiger partial charge is 0.378 e. The zero-order valence-corrected chi connectivity index (χ0v) is 12.0.